The second-order valence-corrected chi connectivity index (χ2v) is 4.01. The molecule has 0 radical (unpaired) electrons. The van der Waals surface area contributed by atoms with Crippen LogP contribution in [0.4, 0.5) is 5.69 Å². The van der Waals surface area contributed by atoms with Crippen molar-refractivity contribution < 1.29 is 19.4 Å². The molecule has 2 aromatic rings. The number of ether oxygens (including phenoxy) is 2. The number of carbonyl (C=O) groups is 1. The summed E-state index contributed by atoms with van der Waals surface area (Å²) in [5.74, 6) is 0.435. The molecule has 0 aromatic heterocycles. The highest BCUT2D eigenvalue weighted by Crippen LogP contribution is 2.31. The van der Waals surface area contributed by atoms with Gasteiger partial charge in [0.05, 0.1) is 25.5 Å². The van der Waals surface area contributed by atoms with E-state index in [2.05, 4.69) is 5.32 Å². The Hall–Kier alpha value is -2.69. The van der Waals surface area contributed by atoms with Crippen LogP contribution in [0.2, 0.25) is 0 Å². The van der Waals surface area contributed by atoms with E-state index in [1.807, 2.05) is 0 Å². The van der Waals surface area contributed by atoms with Gasteiger partial charge in [0.2, 0.25) is 0 Å². The highest BCUT2D eigenvalue weighted by atomic mass is 16.5. The smallest absolute Gasteiger partial charge is 0.259 e. The van der Waals surface area contributed by atoms with Crippen molar-refractivity contribution in [3.05, 3.63) is 48.0 Å². The first-order valence-electron chi connectivity index (χ1n) is 5.97. The topological polar surface area (TPSA) is 67.8 Å². The summed E-state index contributed by atoms with van der Waals surface area (Å²) in [6.07, 6.45) is 0. The minimum Gasteiger partial charge on any atom is -0.506 e. The SMILES string of the molecule is COc1cccc(C(=O)Nc2ccccc2O)c1OC. The number of benzene rings is 2. The number of hydrogen-bond donors (Lipinski definition) is 2. The third-order valence-corrected chi connectivity index (χ3v) is 2.80. The van der Waals surface area contributed by atoms with Gasteiger partial charge in [-0.2, -0.15) is 0 Å². The van der Waals surface area contributed by atoms with Crippen LogP contribution in [0.15, 0.2) is 42.5 Å². The molecule has 0 fully saturated rings. The number of phenols is 1. The van der Waals surface area contributed by atoms with E-state index in [1.54, 1.807) is 36.4 Å². The summed E-state index contributed by atoms with van der Waals surface area (Å²) in [6.45, 7) is 0. The molecule has 0 aliphatic carbocycles. The number of carbonyl (C=O) groups excluding carboxylic acids is 1. The lowest BCUT2D eigenvalue weighted by Crippen LogP contribution is -2.13. The van der Waals surface area contributed by atoms with Crippen LogP contribution in [0, 0.1) is 0 Å². The molecule has 0 saturated heterocycles. The minimum absolute atomic E-state index is 0.00251. The van der Waals surface area contributed by atoms with Gasteiger partial charge in [0.15, 0.2) is 11.5 Å². The third kappa shape index (κ3) is 2.66. The summed E-state index contributed by atoms with van der Waals surface area (Å²) in [6, 6.07) is 11.5. The Kier molecular flexibility index (Phi) is 4.10. The van der Waals surface area contributed by atoms with Crippen molar-refractivity contribution in [3.63, 3.8) is 0 Å². The van der Waals surface area contributed by atoms with E-state index in [1.165, 1.54) is 20.3 Å². The standard InChI is InChI=1S/C15H15NO4/c1-19-13-9-5-6-10(14(13)20-2)15(18)16-11-7-3-4-8-12(11)17/h3-9,17H,1-2H3,(H,16,18). The molecule has 0 saturated carbocycles. The summed E-state index contributed by atoms with van der Waals surface area (Å²) in [7, 11) is 2.97. The summed E-state index contributed by atoms with van der Waals surface area (Å²) in [5, 5.41) is 12.3. The number of hydrogen-bond acceptors (Lipinski definition) is 4. The zero-order chi connectivity index (χ0) is 14.5. The van der Waals surface area contributed by atoms with E-state index in [0.29, 0.717) is 22.7 Å². The van der Waals surface area contributed by atoms with Crippen molar-refractivity contribution in [3.8, 4) is 17.2 Å². The maximum atomic E-state index is 12.3. The Bertz CT molecular complexity index is 625. The molecule has 0 aliphatic heterocycles. The van der Waals surface area contributed by atoms with Crippen molar-refractivity contribution in [2.45, 2.75) is 0 Å². The summed E-state index contributed by atoms with van der Waals surface area (Å²) in [5.41, 5.74) is 0.664. The van der Waals surface area contributed by atoms with Crippen LogP contribution in [0.3, 0.4) is 0 Å². The maximum absolute atomic E-state index is 12.3. The van der Waals surface area contributed by atoms with Gasteiger partial charge in [0, 0.05) is 0 Å². The molecule has 2 N–H and O–H groups in total. The number of methoxy groups -OCH3 is 2. The van der Waals surface area contributed by atoms with Crippen molar-refractivity contribution in [2.24, 2.45) is 0 Å². The Morgan fingerprint density at radius 1 is 1.05 bits per heavy atom. The Labute approximate surface area is 116 Å². The van der Waals surface area contributed by atoms with Crippen LogP contribution in [0.1, 0.15) is 10.4 Å². The number of amides is 1. The molecule has 0 unspecified atom stereocenters. The highest BCUT2D eigenvalue weighted by Gasteiger charge is 2.17. The van der Waals surface area contributed by atoms with Crippen LogP contribution in [0.5, 0.6) is 17.2 Å². The quantitative estimate of drug-likeness (QED) is 0.840. The first-order chi connectivity index (χ1) is 9.67. The number of anilines is 1. The summed E-state index contributed by atoms with van der Waals surface area (Å²) < 4.78 is 10.4. The molecular weight excluding hydrogens is 258 g/mol. The second kappa shape index (κ2) is 5.97. The lowest BCUT2D eigenvalue weighted by atomic mass is 10.1. The third-order valence-electron chi connectivity index (χ3n) is 2.80. The van der Waals surface area contributed by atoms with Gasteiger partial charge in [-0.05, 0) is 24.3 Å². The minimum atomic E-state index is -0.387. The molecular formula is C15H15NO4. The van der Waals surface area contributed by atoms with Crippen molar-refractivity contribution in [1.29, 1.82) is 0 Å². The molecule has 104 valence electrons. The van der Waals surface area contributed by atoms with Crippen LogP contribution in [-0.2, 0) is 0 Å². The second-order valence-electron chi connectivity index (χ2n) is 4.01. The fourth-order valence-electron chi connectivity index (χ4n) is 1.83. The molecule has 0 bridgehead atoms. The van der Waals surface area contributed by atoms with Gasteiger partial charge in [0.1, 0.15) is 5.75 Å². The fourth-order valence-corrected chi connectivity index (χ4v) is 1.83. The zero-order valence-corrected chi connectivity index (χ0v) is 11.2. The molecule has 0 aliphatic rings. The lowest BCUT2D eigenvalue weighted by Gasteiger charge is -2.13. The predicted molar refractivity (Wildman–Crippen MR) is 75.6 cm³/mol. The predicted octanol–water partition coefficient (Wildman–Crippen LogP) is 2.66. The van der Waals surface area contributed by atoms with Crippen molar-refractivity contribution in [1.82, 2.24) is 0 Å². The van der Waals surface area contributed by atoms with Crippen molar-refractivity contribution >= 4 is 11.6 Å². The van der Waals surface area contributed by atoms with Gasteiger partial charge < -0.3 is 19.9 Å². The van der Waals surface area contributed by atoms with E-state index in [0.717, 1.165) is 0 Å². The van der Waals surface area contributed by atoms with Crippen LogP contribution in [0.25, 0.3) is 0 Å². The first-order valence-corrected chi connectivity index (χ1v) is 5.97. The molecule has 2 rings (SSSR count). The van der Waals surface area contributed by atoms with Crippen LogP contribution in [-0.4, -0.2) is 25.2 Å². The van der Waals surface area contributed by atoms with E-state index in [-0.39, 0.29) is 11.7 Å². The van der Waals surface area contributed by atoms with E-state index in [9.17, 15) is 9.90 Å². The Morgan fingerprint density at radius 3 is 2.45 bits per heavy atom. The average Bonchev–Trinajstić information content (AvgIpc) is 2.48. The molecule has 0 heterocycles. The molecule has 0 spiro atoms. The molecule has 0 atom stereocenters. The highest BCUT2D eigenvalue weighted by molar-refractivity contribution is 6.07. The van der Waals surface area contributed by atoms with Crippen LogP contribution >= 0.6 is 0 Å². The van der Waals surface area contributed by atoms with Gasteiger partial charge >= 0.3 is 0 Å². The molecule has 1 amide bonds. The average molecular weight is 273 g/mol. The fraction of sp³-hybridized carbons (Fsp3) is 0.133. The van der Waals surface area contributed by atoms with Crippen LogP contribution < -0.4 is 14.8 Å². The monoisotopic (exact) mass is 273 g/mol. The van der Waals surface area contributed by atoms with Gasteiger partial charge in [-0.25, -0.2) is 0 Å². The normalized spacial score (nSPS) is 9.90. The van der Waals surface area contributed by atoms with E-state index < -0.39 is 0 Å². The summed E-state index contributed by atoms with van der Waals surface area (Å²) in [4.78, 5) is 12.3. The van der Waals surface area contributed by atoms with Gasteiger partial charge in [-0.3, -0.25) is 4.79 Å². The molecule has 5 nitrogen and oxygen atoms in total. The first kappa shape index (κ1) is 13.7. The molecule has 2 aromatic carbocycles. The largest absolute Gasteiger partial charge is 0.506 e. The van der Waals surface area contributed by atoms with Gasteiger partial charge in [-0.1, -0.05) is 18.2 Å². The lowest BCUT2D eigenvalue weighted by molar-refractivity contribution is 0.102. The Balaban J connectivity index is 2.32. The summed E-state index contributed by atoms with van der Waals surface area (Å²) >= 11 is 0. The van der Waals surface area contributed by atoms with Crippen molar-refractivity contribution in [2.75, 3.05) is 19.5 Å². The Morgan fingerprint density at radius 2 is 1.80 bits per heavy atom. The number of nitrogens with one attached hydrogen (secondary N) is 1. The van der Waals surface area contributed by atoms with E-state index in [4.69, 9.17) is 9.47 Å². The molecule has 20 heavy (non-hydrogen) atoms. The number of para-hydroxylation sites is 3. The van der Waals surface area contributed by atoms with Gasteiger partial charge in [0.25, 0.3) is 5.91 Å². The van der Waals surface area contributed by atoms with E-state index >= 15 is 0 Å². The number of phenolic OH excluding ortho intramolecular Hbond substituents is 1. The zero-order valence-electron chi connectivity index (χ0n) is 11.2. The maximum Gasteiger partial charge on any atom is 0.259 e. The number of rotatable bonds is 4. The number of aromatic hydroxyl groups is 1. The van der Waals surface area contributed by atoms with Gasteiger partial charge in [-0.15, -0.1) is 0 Å². The molecule has 5 heteroatoms.